The third kappa shape index (κ3) is 6.07. The normalized spacial score (nSPS) is 10.3. The molecule has 0 aliphatic heterocycles. The molecule has 0 N–H and O–H groups in total. The first kappa shape index (κ1) is 18.6. The Morgan fingerprint density at radius 3 is 1.95 bits per heavy atom. The van der Waals surface area contributed by atoms with Crippen LogP contribution >= 0.6 is 0 Å². The molecular weight excluding hydrogens is 359 g/mol. The minimum atomic E-state index is 1.20. The van der Waals surface area contributed by atoms with Crippen molar-refractivity contribution < 1.29 is 0 Å². The summed E-state index contributed by atoms with van der Waals surface area (Å²) in [5.41, 5.74) is 6.08. The monoisotopic (exact) mass is 389 g/mol. The quantitative estimate of drug-likeness (QED) is 0.404. The molecule has 0 amide bonds. The van der Waals surface area contributed by atoms with Gasteiger partial charge in [-0.3, -0.25) is 0 Å². The molecule has 1 rings (SSSR count). The predicted octanol–water partition coefficient (Wildman–Crippen LogP) is 5.19. The third-order valence-electron chi connectivity index (χ3n) is 4.09. The Bertz CT molecular complexity index is 477. The summed E-state index contributed by atoms with van der Waals surface area (Å²) in [6.45, 7) is 6.85. The summed E-state index contributed by atoms with van der Waals surface area (Å²) in [6.07, 6.45) is 11.4. The van der Waals surface area contributed by atoms with Gasteiger partial charge in [-0.25, -0.2) is 0 Å². The molecule has 0 heterocycles. The first-order chi connectivity index (χ1) is 10.3. The van der Waals surface area contributed by atoms with Gasteiger partial charge in [0.25, 0.3) is 0 Å². The Balaban J connectivity index is 3.20. The van der Waals surface area contributed by atoms with E-state index in [9.17, 15) is 0 Å². The Morgan fingerprint density at radius 2 is 1.38 bits per heavy atom. The van der Waals surface area contributed by atoms with Crippen molar-refractivity contribution in [2.45, 2.75) is 78.6 Å². The van der Waals surface area contributed by atoms with Crippen LogP contribution in [0.2, 0.25) is 0 Å². The molecule has 0 aliphatic carbocycles. The van der Waals surface area contributed by atoms with Gasteiger partial charge in [0, 0.05) is 0 Å². The summed E-state index contributed by atoms with van der Waals surface area (Å²) in [4.78, 5) is 0. The van der Waals surface area contributed by atoms with E-state index < -0.39 is 0 Å². The topological polar surface area (TPSA) is 0 Å². The van der Waals surface area contributed by atoms with Gasteiger partial charge in [0.1, 0.15) is 0 Å². The molecule has 1 aromatic carbocycles. The zero-order valence-corrected chi connectivity index (χ0v) is 16.9. The number of rotatable bonds is 9. The molecule has 0 aromatic heterocycles. The van der Waals surface area contributed by atoms with Crippen LogP contribution in [0, 0.1) is 9.86 Å². The van der Waals surface area contributed by atoms with Gasteiger partial charge in [-0.05, 0) is 0 Å². The van der Waals surface area contributed by atoms with Gasteiger partial charge in [-0.15, -0.1) is 0 Å². The SMILES string of the molecule is CCCCc1ccc(C#[C][Sn])c(CCCC)c1CCCC. The molecule has 21 heavy (non-hydrogen) atoms. The second kappa shape index (κ2) is 11.2. The molecule has 0 bridgehead atoms. The molecule has 1 heteroatoms. The van der Waals surface area contributed by atoms with Crippen LogP contribution in [-0.4, -0.2) is 22.5 Å². The van der Waals surface area contributed by atoms with E-state index in [1.165, 1.54) is 85.9 Å². The molecule has 0 aliphatic rings. The van der Waals surface area contributed by atoms with Crippen molar-refractivity contribution >= 4 is 22.5 Å². The maximum absolute atomic E-state index is 3.38. The fraction of sp³-hybridized carbons (Fsp3) is 0.600. The Hall–Kier alpha value is -0.421. The molecule has 0 saturated carbocycles. The van der Waals surface area contributed by atoms with E-state index in [1.807, 2.05) is 0 Å². The molecule has 0 fully saturated rings. The van der Waals surface area contributed by atoms with E-state index in [2.05, 4.69) is 42.8 Å². The molecule has 0 atom stereocenters. The molecule has 0 unspecified atom stereocenters. The number of hydrogen-bond donors (Lipinski definition) is 0. The zero-order valence-electron chi connectivity index (χ0n) is 14.0. The molecular formula is C20H29Sn. The molecule has 0 saturated heterocycles. The van der Waals surface area contributed by atoms with Gasteiger partial charge >= 0.3 is 145 Å². The summed E-state index contributed by atoms with van der Waals surface area (Å²) in [5.74, 6) is 3.38. The standard InChI is InChI=1S/C20H29.Sn/c1-5-9-12-18-16-15-17(8-4)19(13-10-6-2)20(18)14-11-7-3;/h15-16H,5-7,9-14H2,1-3H3;. The van der Waals surface area contributed by atoms with Crippen molar-refractivity contribution in [3.63, 3.8) is 0 Å². The van der Waals surface area contributed by atoms with Crippen molar-refractivity contribution in [2.75, 3.05) is 0 Å². The van der Waals surface area contributed by atoms with Gasteiger partial charge in [0.05, 0.1) is 0 Å². The van der Waals surface area contributed by atoms with Crippen LogP contribution in [0.5, 0.6) is 0 Å². The van der Waals surface area contributed by atoms with E-state index in [-0.39, 0.29) is 0 Å². The van der Waals surface area contributed by atoms with Crippen LogP contribution in [-0.2, 0) is 19.3 Å². The molecule has 113 valence electrons. The number of hydrogen-bond acceptors (Lipinski definition) is 0. The summed E-state index contributed by atoms with van der Waals surface area (Å²) in [5, 5.41) is 0. The number of unbranched alkanes of at least 4 members (excludes halogenated alkanes) is 3. The van der Waals surface area contributed by atoms with Crippen molar-refractivity contribution in [2.24, 2.45) is 0 Å². The zero-order chi connectivity index (χ0) is 15.5. The minimum absolute atomic E-state index is 1.20. The third-order valence-corrected chi connectivity index (χ3v) is 4.44. The van der Waals surface area contributed by atoms with Crippen LogP contribution in [0.25, 0.3) is 0 Å². The number of aryl methyl sites for hydroxylation is 1. The summed E-state index contributed by atoms with van der Waals surface area (Å²) in [6, 6.07) is 4.63. The summed E-state index contributed by atoms with van der Waals surface area (Å²) >= 11 is 1.31. The average molecular weight is 388 g/mol. The van der Waals surface area contributed by atoms with Gasteiger partial charge in [0.15, 0.2) is 0 Å². The first-order valence-electron chi connectivity index (χ1n) is 8.59. The first-order valence-corrected chi connectivity index (χ1v) is 10.0. The van der Waals surface area contributed by atoms with E-state index >= 15 is 0 Å². The van der Waals surface area contributed by atoms with E-state index in [0.29, 0.717) is 0 Å². The molecule has 0 nitrogen and oxygen atoms in total. The van der Waals surface area contributed by atoms with Crippen molar-refractivity contribution in [3.8, 4) is 9.86 Å². The van der Waals surface area contributed by atoms with Gasteiger partial charge in [-0.1, -0.05) is 0 Å². The van der Waals surface area contributed by atoms with Crippen molar-refractivity contribution in [3.05, 3.63) is 34.4 Å². The molecule has 3 radical (unpaired) electrons. The maximum atomic E-state index is 3.38. The summed E-state index contributed by atoms with van der Waals surface area (Å²) in [7, 11) is 0. The van der Waals surface area contributed by atoms with E-state index in [1.54, 1.807) is 16.7 Å². The van der Waals surface area contributed by atoms with Crippen LogP contribution in [0.15, 0.2) is 12.1 Å². The Kier molecular flexibility index (Phi) is 9.92. The Morgan fingerprint density at radius 1 is 0.810 bits per heavy atom. The second-order valence-corrected chi connectivity index (χ2v) is 6.50. The second-order valence-electron chi connectivity index (χ2n) is 5.79. The number of benzene rings is 1. The predicted molar refractivity (Wildman–Crippen MR) is 94.9 cm³/mol. The fourth-order valence-corrected chi connectivity index (χ4v) is 3.22. The van der Waals surface area contributed by atoms with E-state index in [0.717, 1.165) is 0 Å². The van der Waals surface area contributed by atoms with Gasteiger partial charge in [-0.2, -0.15) is 0 Å². The van der Waals surface area contributed by atoms with Crippen LogP contribution < -0.4 is 0 Å². The fourth-order valence-electron chi connectivity index (χ4n) is 2.83. The summed E-state index contributed by atoms with van der Waals surface area (Å²) < 4.78 is 3.19. The molecule has 0 spiro atoms. The van der Waals surface area contributed by atoms with Crippen LogP contribution in [0.3, 0.4) is 0 Å². The molecule has 1 aromatic rings. The van der Waals surface area contributed by atoms with Crippen LogP contribution in [0.4, 0.5) is 0 Å². The van der Waals surface area contributed by atoms with Gasteiger partial charge in [0.2, 0.25) is 0 Å². The van der Waals surface area contributed by atoms with Crippen molar-refractivity contribution in [1.82, 2.24) is 0 Å². The van der Waals surface area contributed by atoms with Crippen LogP contribution in [0.1, 0.15) is 81.5 Å². The average Bonchev–Trinajstić information content (AvgIpc) is 2.50. The van der Waals surface area contributed by atoms with E-state index in [4.69, 9.17) is 0 Å². The van der Waals surface area contributed by atoms with Gasteiger partial charge < -0.3 is 0 Å². The Labute approximate surface area is 145 Å². The van der Waals surface area contributed by atoms with Crippen molar-refractivity contribution in [1.29, 1.82) is 0 Å².